The third-order valence-corrected chi connectivity index (χ3v) is 6.46. The van der Waals surface area contributed by atoms with Crippen molar-refractivity contribution in [2.75, 3.05) is 0 Å². The van der Waals surface area contributed by atoms with E-state index in [0.29, 0.717) is 24.5 Å². The number of carbonyl (C=O) groups excluding carboxylic acids is 2. The minimum atomic E-state index is -0.506. The summed E-state index contributed by atoms with van der Waals surface area (Å²) in [7, 11) is 0. The lowest BCUT2D eigenvalue weighted by molar-refractivity contribution is -0.127. The predicted molar refractivity (Wildman–Crippen MR) is 132 cm³/mol. The first-order valence-corrected chi connectivity index (χ1v) is 12.0. The van der Waals surface area contributed by atoms with Crippen LogP contribution in [-0.4, -0.2) is 33.9 Å². The highest BCUT2D eigenvalue weighted by molar-refractivity contribution is 5.99. The van der Waals surface area contributed by atoms with Crippen molar-refractivity contribution in [1.29, 1.82) is 5.26 Å². The van der Waals surface area contributed by atoms with E-state index in [4.69, 9.17) is 0 Å². The monoisotopic (exact) mass is 457 g/mol. The van der Waals surface area contributed by atoms with E-state index in [1.807, 2.05) is 56.4 Å². The van der Waals surface area contributed by atoms with Crippen molar-refractivity contribution in [3.05, 3.63) is 54.5 Å². The average molecular weight is 458 g/mol. The number of aromatic amines is 1. The fourth-order valence-corrected chi connectivity index (χ4v) is 4.72. The number of carbonyl (C=O) groups is 2. The second kappa shape index (κ2) is 10.5. The number of aromatic nitrogens is 2. The van der Waals surface area contributed by atoms with E-state index in [1.165, 1.54) is 0 Å². The number of amides is 2. The summed E-state index contributed by atoms with van der Waals surface area (Å²) in [6.07, 6.45) is 7.52. The van der Waals surface area contributed by atoms with Gasteiger partial charge in [0.15, 0.2) is 0 Å². The number of nitriles is 1. The Kier molecular flexibility index (Phi) is 7.27. The maximum atomic E-state index is 13.1. The first kappa shape index (κ1) is 23.5. The molecule has 1 fully saturated rings. The van der Waals surface area contributed by atoms with Crippen molar-refractivity contribution in [2.24, 2.45) is 11.8 Å². The predicted octanol–water partition coefficient (Wildman–Crippen LogP) is 4.57. The maximum absolute atomic E-state index is 13.1. The van der Waals surface area contributed by atoms with Crippen LogP contribution in [0, 0.1) is 23.2 Å². The van der Waals surface area contributed by atoms with Gasteiger partial charge in [-0.2, -0.15) is 5.26 Å². The summed E-state index contributed by atoms with van der Waals surface area (Å²) in [4.78, 5) is 33.5. The summed E-state index contributed by atoms with van der Waals surface area (Å²) in [6.45, 7) is 4.06. The van der Waals surface area contributed by atoms with Crippen LogP contribution >= 0.6 is 0 Å². The van der Waals surface area contributed by atoms with E-state index in [9.17, 15) is 14.9 Å². The van der Waals surface area contributed by atoms with Gasteiger partial charge in [-0.15, -0.1) is 0 Å². The van der Waals surface area contributed by atoms with Gasteiger partial charge in [0.1, 0.15) is 11.7 Å². The molecule has 3 aromatic rings. The van der Waals surface area contributed by atoms with Gasteiger partial charge in [0, 0.05) is 34.9 Å². The minimum absolute atomic E-state index is 0.144. The maximum Gasteiger partial charge on any atom is 0.267 e. The highest BCUT2D eigenvalue weighted by atomic mass is 16.2. The molecule has 0 aliphatic heterocycles. The van der Waals surface area contributed by atoms with Crippen LogP contribution in [0.1, 0.15) is 56.4 Å². The molecule has 176 valence electrons. The normalized spacial score (nSPS) is 18.9. The Hall–Kier alpha value is -3.66. The summed E-state index contributed by atoms with van der Waals surface area (Å²) < 4.78 is 0. The van der Waals surface area contributed by atoms with Crippen molar-refractivity contribution >= 4 is 22.7 Å². The van der Waals surface area contributed by atoms with E-state index in [1.54, 1.807) is 6.20 Å². The molecule has 34 heavy (non-hydrogen) atoms. The molecule has 4 rings (SSSR count). The van der Waals surface area contributed by atoms with E-state index in [0.717, 1.165) is 41.3 Å². The van der Waals surface area contributed by atoms with Gasteiger partial charge < -0.3 is 15.6 Å². The lowest BCUT2D eigenvalue weighted by Crippen LogP contribution is -2.50. The van der Waals surface area contributed by atoms with Crippen LogP contribution in [0.4, 0.5) is 0 Å². The summed E-state index contributed by atoms with van der Waals surface area (Å²) in [5, 5.41) is 16.3. The second-order valence-electron chi connectivity index (χ2n) is 9.52. The van der Waals surface area contributed by atoms with Gasteiger partial charge in [-0.25, -0.2) is 0 Å². The number of H-pyrrole nitrogens is 1. The molecule has 2 amide bonds. The number of nitrogens with zero attached hydrogens (tertiary/aromatic N) is 2. The largest absolute Gasteiger partial charge is 0.351 e. The van der Waals surface area contributed by atoms with Gasteiger partial charge >= 0.3 is 0 Å². The fourth-order valence-electron chi connectivity index (χ4n) is 4.72. The van der Waals surface area contributed by atoms with Gasteiger partial charge in [0.2, 0.25) is 5.91 Å². The third-order valence-electron chi connectivity index (χ3n) is 6.46. The average Bonchev–Trinajstić information content (AvgIpc) is 3.28. The molecule has 2 aromatic heterocycles. The number of benzene rings is 1. The zero-order valence-electron chi connectivity index (χ0n) is 19.7. The quantitative estimate of drug-likeness (QED) is 0.482. The number of fused-ring (bicyclic) bond motifs is 1. The van der Waals surface area contributed by atoms with Crippen LogP contribution in [0.2, 0.25) is 0 Å². The molecule has 3 atom stereocenters. The Morgan fingerprint density at radius 2 is 2.00 bits per heavy atom. The van der Waals surface area contributed by atoms with Crippen molar-refractivity contribution in [3.8, 4) is 17.2 Å². The molecular formula is C27H31N5O2. The smallest absolute Gasteiger partial charge is 0.267 e. The molecule has 7 heteroatoms. The van der Waals surface area contributed by atoms with Gasteiger partial charge in [0.05, 0.1) is 12.0 Å². The summed E-state index contributed by atoms with van der Waals surface area (Å²) >= 11 is 0. The Morgan fingerprint density at radius 3 is 2.74 bits per heavy atom. The number of pyridine rings is 1. The van der Waals surface area contributed by atoms with Crippen molar-refractivity contribution in [1.82, 2.24) is 20.6 Å². The van der Waals surface area contributed by atoms with Crippen LogP contribution in [-0.2, 0) is 4.79 Å². The minimum Gasteiger partial charge on any atom is -0.351 e. The molecule has 0 bridgehead atoms. The Labute approximate surface area is 200 Å². The van der Waals surface area contributed by atoms with E-state index in [2.05, 4.69) is 26.7 Å². The lowest BCUT2D eigenvalue weighted by atomic mass is 9.83. The number of hydrogen-bond donors (Lipinski definition) is 3. The van der Waals surface area contributed by atoms with Crippen molar-refractivity contribution in [3.63, 3.8) is 0 Å². The summed E-state index contributed by atoms with van der Waals surface area (Å²) in [6, 6.07) is 13.2. The highest BCUT2D eigenvalue weighted by Gasteiger charge is 2.33. The van der Waals surface area contributed by atoms with Crippen LogP contribution in [0.25, 0.3) is 22.0 Å². The molecule has 0 spiro atoms. The number of hydrogen-bond acceptors (Lipinski definition) is 4. The molecule has 1 aliphatic rings. The van der Waals surface area contributed by atoms with E-state index < -0.39 is 6.04 Å². The number of rotatable bonds is 7. The molecule has 2 heterocycles. The van der Waals surface area contributed by atoms with Crippen LogP contribution in [0.15, 0.2) is 48.8 Å². The Balaban J connectivity index is 1.47. The van der Waals surface area contributed by atoms with Crippen LogP contribution < -0.4 is 10.6 Å². The molecule has 3 unspecified atom stereocenters. The van der Waals surface area contributed by atoms with Gasteiger partial charge in [0.25, 0.3) is 5.91 Å². The molecule has 0 radical (unpaired) electrons. The van der Waals surface area contributed by atoms with Crippen LogP contribution in [0.3, 0.4) is 0 Å². The van der Waals surface area contributed by atoms with Gasteiger partial charge in [-0.3, -0.25) is 14.6 Å². The topological polar surface area (TPSA) is 111 Å². The van der Waals surface area contributed by atoms with Gasteiger partial charge in [-0.05, 0) is 48.9 Å². The highest BCUT2D eigenvalue weighted by Crippen LogP contribution is 2.27. The standard InChI is InChI=1S/C27H31N5O2/c1-17(2)12-21(15-28)30-26(33)22-7-3-4-8-23(22)32-27(34)25-14-19-10-9-18(13-24(19)31-25)20-6-5-11-29-16-20/h5-6,9-11,13-14,16-17,21-23,31H,3-4,7-8,12H2,1-2H3,(H,30,33)(H,32,34). The van der Waals surface area contributed by atoms with E-state index in [-0.39, 0.29) is 23.8 Å². The van der Waals surface area contributed by atoms with Crippen molar-refractivity contribution in [2.45, 2.75) is 58.0 Å². The molecule has 0 saturated heterocycles. The zero-order valence-corrected chi connectivity index (χ0v) is 19.7. The van der Waals surface area contributed by atoms with Crippen LogP contribution in [0.5, 0.6) is 0 Å². The van der Waals surface area contributed by atoms with E-state index >= 15 is 0 Å². The fraction of sp³-hybridized carbons (Fsp3) is 0.407. The molecule has 7 nitrogen and oxygen atoms in total. The van der Waals surface area contributed by atoms with Crippen molar-refractivity contribution < 1.29 is 9.59 Å². The summed E-state index contributed by atoms with van der Waals surface area (Å²) in [5.74, 6) is -0.382. The molecule has 1 saturated carbocycles. The number of nitrogens with one attached hydrogen (secondary N) is 3. The molecule has 1 aliphatic carbocycles. The SMILES string of the molecule is CC(C)CC(C#N)NC(=O)C1CCCCC1NC(=O)c1cc2ccc(-c3cccnc3)cc2[nH]1. The zero-order chi connectivity index (χ0) is 24.1. The Morgan fingerprint density at radius 1 is 1.18 bits per heavy atom. The molecular weight excluding hydrogens is 426 g/mol. The first-order chi connectivity index (χ1) is 16.4. The molecule has 1 aromatic carbocycles. The third kappa shape index (κ3) is 5.45. The summed E-state index contributed by atoms with van der Waals surface area (Å²) in [5.41, 5.74) is 3.37. The first-order valence-electron chi connectivity index (χ1n) is 12.0. The van der Waals surface area contributed by atoms with Gasteiger partial charge in [-0.1, -0.05) is 44.9 Å². The Bertz CT molecular complexity index is 1190. The molecule has 3 N–H and O–H groups in total. The lowest BCUT2D eigenvalue weighted by Gasteiger charge is -2.31. The second-order valence-corrected chi connectivity index (χ2v) is 9.52.